The summed E-state index contributed by atoms with van der Waals surface area (Å²) in [5.74, 6) is -1.28. The van der Waals surface area contributed by atoms with Gasteiger partial charge in [-0.15, -0.1) is 0 Å². The molecule has 3 N–H and O–H groups in total. The summed E-state index contributed by atoms with van der Waals surface area (Å²) in [5, 5.41) is 17.7. The number of halogens is 1. The van der Waals surface area contributed by atoms with Crippen molar-refractivity contribution < 1.29 is 18.3 Å². The summed E-state index contributed by atoms with van der Waals surface area (Å²) in [6, 6.07) is 6.95. The van der Waals surface area contributed by atoms with E-state index in [1.165, 1.54) is 18.2 Å². The van der Waals surface area contributed by atoms with Crippen LogP contribution in [-0.4, -0.2) is 24.5 Å². The highest BCUT2D eigenvalue weighted by Crippen LogP contribution is 2.25. The van der Waals surface area contributed by atoms with E-state index >= 15 is 0 Å². The Kier molecular flexibility index (Phi) is 3.88. The van der Waals surface area contributed by atoms with E-state index in [2.05, 4.69) is 9.71 Å². The number of carboxylic acids is 1. The first-order valence-electron chi connectivity index (χ1n) is 5.47. The summed E-state index contributed by atoms with van der Waals surface area (Å²) >= 11 is 5.86. The summed E-state index contributed by atoms with van der Waals surface area (Å²) in [7, 11) is -4.01. The van der Waals surface area contributed by atoms with E-state index in [1.807, 2.05) is 6.07 Å². The molecule has 0 fully saturated rings. The molecular formula is C12H8ClN3O4S. The maximum Gasteiger partial charge on any atom is 0.352 e. The van der Waals surface area contributed by atoms with Crippen molar-refractivity contribution in [2.24, 2.45) is 0 Å². The van der Waals surface area contributed by atoms with Crippen LogP contribution in [0.15, 0.2) is 35.4 Å². The second-order valence-electron chi connectivity index (χ2n) is 3.97. The van der Waals surface area contributed by atoms with Crippen LogP contribution >= 0.6 is 11.6 Å². The van der Waals surface area contributed by atoms with Gasteiger partial charge in [-0.25, -0.2) is 13.2 Å². The third-order valence-corrected chi connectivity index (χ3v) is 4.21. The number of benzene rings is 1. The lowest BCUT2D eigenvalue weighted by molar-refractivity contribution is 0.0691. The van der Waals surface area contributed by atoms with Gasteiger partial charge in [-0.1, -0.05) is 11.6 Å². The second kappa shape index (κ2) is 5.47. The molecule has 21 heavy (non-hydrogen) atoms. The number of sulfonamides is 1. The lowest BCUT2D eigenvalue weighted by atomic mass is 10.2. The lowest BCUT2D eigenvalue weighted by Gasteiger charge is -2.08. The quantitative estimate of drug-likeness (QED) is 0.793. The summed E-state index contributed by atoms with van der Waals surface area (Å²) in [4.78, 5) is 12.8. The third kappa shape index (κ3) is 3.16. The Morgan fingerprint density at radius 2 is 2.10 bits per heavy atom. The van der Waals surface area contributed by atoms with Crippen LogP contribution in [-0.2, 0) is 10.0 Å². The van der Waals surface area contributed by atoms with Gasteiger partial charge in [0.05, 0.1) is 22.3 Å². The first-order chi connectivity index (χ1) is 9.83. The van der Waals surface area contributed by atoms with Crippen molar-refractivity contribution in [1.29, 1.82) is 5.26 Å². The molecule has 7 nitrogen and oxygen atoms in total. The number of hydrogen-bond acceptors (Lipinski definition) is 4. The SMILES string of the molecule is N#Cc1ccc(Cl)c(NS(=O)(=O)c2c[nH]c(C(=O)O)c2)c1. The Hall–Kier alpha value is -2.50. The zero-order valence-corrected chi connectivity index (χ0v) is 11.9. The third-order valence-electron chi connectivity index (χ3n) is 2.54. The molecule has 0 saturated heterocycles. The van der Waals surface area contributed by atoms with Gasteiger partial charge in [0, 0.05) is 6.20 Å². The summed E-state index contributed by atoms with van der Waals surface area (Å²) in [6.07, 6.45) is 1.05. The van der Waals surface area contributed by atoms with E-state index in [0.29, 0.717) is 0 Å². The number of H-pyrrole nitrogens is 1. The summed E-state index contributed by atoms with van der Waals surface area (Å²) in [5.41, 5.74) is 0.0124. The number of anilines is 1. The van der Waals surface area contributed by atoms with Crippen LogP contribution in [0, 0.1) is 11.3 Å². The standard InChI is InChI=1S/C12H8ClN3O4S/c13-9-2-1-7(5-14)3-10(9)16-21(19,20)8-4-11(12(17)18)15-6-8/h1-4,6,15-16H,(H,17,18). The Balaban J connectivity index is 2.37. The van der Waals surface area contributed by atoms with E-state index < -0.39 is 16.0 Å². The average Bonchev–Trinajstić information content (AvgIpc) is 2.92. The number of aromatic nitrogens is 1. The molecular weight excluding hydrogens is 318 g/mol. The number of nitrogens with zero attached hydrogens (tertiary/aromatic N) is 1. The number of hydrogen-bond donors (Lipinski definition) is 3. The fraction of sp³-hybridized carbons (Fsp3) is 0. The lowest BCUT2D eigenvalue weighted by Crippen LogP contribution is -2.12. The van der Waals surface area contributed by atoms with Crippen LogP contribution in [0.1, 0.15) is 16.1 Å². The minimum atomic E-state index is -4.01. The number of nitriles is 1. The minimum Gasteiger partial charge on any atom is -0.477 e. The van der Waals surface area contributed by atoms with E-state index in [9.17, 15) is 13.2 Å². The second-order valence-corrected chi connectivity index (χ2v) is 6.06. The molecule has 2 aromatic rings. The van der Waals surface area contributed by atoms with Gasteiger partial charge in [-0.05, 0) is 24.3 Å². The Morgan fingerprint density at radius 3 is 2.67 bits per heavy atom. The number of rotatable bonds is 4. The van der Waals surface area contributed by atoms with Gasteiger partial charge < -0.3 is 10.1 Å². The number of aromatic amines is 1. The van der Waals surface area contributed by atoms with Gasteiger partial charge in [0.1, 0.15) is 10.6 Å². The molecule has 1 heterocycles. The molecule has 0 aliphatic carbocycles. The van der Waals surface area contributed by atoms with E-state index in [0.717, 1.165) is 12.3 Å². The highest BCUT2D eigenvalue weighted by molar-refractivity contribution is 7.92. The number of carboxylic acid groups (broad SMARTS) is 1. The van der Waals surface area contributed by atoms with Gasteiger partial charge >= 0.3 is 5.97 Å². The molecule has 2 rings (SSSR count). The number of nitrogens with one attached hydrogen (secondary N) is 2. The highest BCUT2D eigenvalue weighted by Gasteiger charge is 2.19. The average molecular weight is 326 g/mol. The Labute approximate surface area is 124 Å². The van der Waals surface area contributed by atoms with Crippen molar-refractivity contribution in [3.05, 3.63) is 46.7 Å². The predicted molar refractivity (Wildman–Crippen MR) is 74.7 cm³/mol. The summed E-state index contributed by atoms with van der Waals surface area (Å²) < 4.78 is 26.5. The molecule has 1 aromatic carbocycles. The molecule has 0 radical (unpaired) electrons. The highest BCUT2D eigenvalue weighted by atomic mass is 35.5. The molecule has 0 saturated carbocycles. The van der Waals surface area contributed by atoms with Gasteiger partial charge in [0.15, 0.2) is 0 Å². The zero-order chi connectivity index (χ0) is 15.6. The van der Waals surface area contributed by atoms with Crippen molar-refractivity contribution in [3.8, 4) is 6.07 Å². The predicted octanol–water partition coefficient (Wildman–Crippen LogP) is 2.04. The first kappa shape index (κ1) is 14.9. The maximum absolute atomic E-state index is 12.1. The molecule has 9 heteroatoms. The van der Waals surface area contributed by atoms with E-state index in [1.54, 1.807) is 0 Å². The van der Waals surface area contributed by atoms with Crippen LogP contribution in [0.4, 0.5) is 5.69 Å². The van der Waals surface area contributed by atoms with Crippen molar-refractivity contribution >= 4 is 33.3 Å². The van der Waals surface area contributed by atoms with Crippen molar-refractivity contribution in [2.75, 3.05) is 4.72 Å². The monoisotopic (exact) mass is 325 g/mol. The summed E-state index contributed by atoms with van der Waals surface area (Å²) in [6.45, 7) is 0. The van der Waals surface area contributed by atoms with E-state index in [-0.39, 0.29) is 26.9 Å². The molecule has 0 unspecified atom stereocenters. The van der Waals surface area contributed by atoms with Gasteiger partial charge in [-0.3, -0.25) is 4.72 Å². The smallest absolute Gasteiger partial charge is 0.352 e. The van der Waals surface area contributed by atoms with Gasteiger partial charge in [0.25, 0.3) is 10.0 Å². The fourth-order valence-electron chi connectivity index (χ4n) is 1.53. The molecule has 0 aliphatic rings. The van der Waals surface area contributed by atoms with Crippen LogP contribution < -0.4 is 4.72 Å². The molecule has 0 aliphatic heterocycles. The first-order valence-corrected chi connectivity index (χ1v) is 7.34. The van der Waals surface area contributed by atoms with Crippen LogP contribution in [0.5, 0.6) is 0 Å². The normalized spacial score (nSPS) is 10.9. The Morgan fingerprint density at radius 1 is 1.38 bits per heavy atom. The molecule has 0 amide bonds. The van der Waals surface area contributed by atoms with Crippen molar-refractivity contribution in [1.82, 2.24) is 4.98 Å². The molecule has 0 bridgehead atoms. The maximum atomic E-state index is 12.1. The Bertz CT molecular complexity index is 852. The van der Waals surface area contributed by atoms with Gasteiger partial charge in [-0.2, -0.15) is 5.26 Å². The van der Waals surface area contributed by atoms with Gasteiger partial charge in [0.2, 0.25) is 0 Å². The number of aromatic carboxylic acids is 1. The molecule has 0 atom stereocenters. The molecule has 1 aromatic heterocycles. The van der Waals surface area contributed by atoms with Crippen LogP contribution in [0.25, 0.3) is 0 Å². The van der Waals surface area contributed by atoms with Crippen molar-refractivity contribution in [2.45, 2.75) is 4.90 Å². The van der Waals surface area contributed by atoms with Crippen molar-refractivity contribution in [3.63, 3.8) is 0 Å². The van der Waals surface area contributed by atoms with E-state index in [4.69, 9.17) is 22.0 Å². The largest absolute Gasteiger partial charge is 0.477 e. The molecule has 0 spiro atoms. The zero-order valence-electron chi connectivity index (χ0n) is 10.3. The number of carbonyl (C=O) groups is 1. The van der Waals surface area contributed by atoms with Crippen LogP contribution in [0.3, 0.4) is 0 Å². The minimum absolute atomic E-state index is 0.0359. The molecule has 108 valence electrons. The topological polar surface area (TPSA) is 123 Å². The fourth-order valence-corrected chi connectivity index (χ4v) is 2.81. The van der Waals surface area contributed by atoms with Crippen LogP contribution in [0.2, 0.25) is 5.02 Å².